The Morgan fingerprint density at radius 2 is 1.88 bits per heavy atom. The van der Waals surface area contributed by atoms with Crippen LogP contribution in [-0.2, 0) is 27.3 Å². The molecule has 1 amide bonds. The van der Waals surface area contributed by atoms with Crippen LogP contribution in [0.1, 0.15) is 11.3 Å². The summed E-state index contributed by atoms with van der Waals surface area (Å²) in [7, 11) is 0. The molecule has 0 unspecified atom stereocenters. The highest BCUT2D eigenvalue weighted by Crippen LogP contribution is 2.05. The van der Waals surface area contributed by atoms with Crippen molar-refractivity contribution in [2.75, 3.05) is 13.1 Å². The minimum absolute atomic E-state index is 0.0543. The fourth-order valence-corrected chi connectivity index (χ4v) is 2.46. The molecule has 138 valence electrons. The average molecular weight is 360 g/mol. The van der Waals surface area contributed by atoms with Crippen LogP contribution in [0.15, 0.2) is 42.9 Å². The number of benzene rings is 1. The third-order valence-corrected chi connectivity index (χ3v) is 3.59. The maximum Gasteiger partial charge on any atom is 0.326 e. The number of aromatic nitrogens is 2. The second-order valence-electron chi connectivity index (χ2n) is 5.76. The molecule has 1 aromatic heterocycles. The predicted octanol–water partition coefficient (Wildman–Crippen LogP) is 0.108. The van der Waals surface area contributed by atoms with Gasteiger partial charge in [0.1, 0.15) is 6.04 Å². The van der Waals surface area contributed by atoms with Gasteiger partial charge in [0.2, 0.25) is 5.91 Å². The first kappa shape index (κ1) is 19.1. The number of hydrogen-bond donors (Lipinski definition) is 4. The molecule has 0 saturated heterocycles. The molecule has 0 fully saturated rings. The van der Waals surface area contributed by atoms with Gasteiger partial charge in [-0.2, -0.15) is 0 Å². The molecule has 0 aliphatic heterocycles. The van der Waals surface area contributed by atoms with Crippen LogP contribution in [0.4, 0.5) is 0 Å². The number of nitrogens with zero attached hydrogens (tertiary/aromatic N) is 2. The first-order chi connectivity index (χ1) is 12.4. The molecule has 2 aromatic rings. The van der Waals surface area contributed by atoms with Gasteiger partial charge in [0.15, 0.2) is 0 Å². The quantitative estimate of drug-likeness (QED) is 0.472. The Morgan fingerprint density at radius 3 is 2.46 bits per heavy atom. The van der Waals surface area contributed by atoms with Crippen LogP contribution in [0.2, 0.25) is 0 Å². The van der Waals surface area contributed by atoms with E-state index in [1.807, 2.05) is 30.3 Å². The first-order valence-corrected chi connectivity index (χ1v) is 7.91. The van der Waals surface area contributed by atoms with E-state index < -0.39 is 23.9 Å². The number of carbonyl (C=O) groups excluding carboxylic acids is 1. The monoisotopic (exact) mass is 360 g/mol. The summed E-state index contributed by atoms with van der Waals surface area (Å²) in [4.78, 5) is 42.7. The van der Waals surface area contributed by atoms with E-state index in [4.69, 9.17) is 5.11 Å². The number of hydrogen-bond acceptors (Lipinski definition) is 5. The zero-order chi connectivity index (χ0) is 18.9. The van der Waals surface area contributed by atoms with Crippen LogP contribution in [-0.4, -0.2) is 62.1 Å². The van der Waals surface area contributed by atoms with Gasteiger partial charge >= 0.3 is 11.9 Å². The fraction of sp³-hybridized carbons (Fsp3) is 0.294. The lowest BCUT2D eigenvalue weighted by Gasteiger charge is -2.21. The van der Waals surface area contributed by atoms with Gasteiger partial charge < -0.3 is 20.5 Å². The molecule has 0 bridgehead atoms. The van der Waals surface area contributed by atoms with Gasteiger partial charge in [-0.3, -0.25) is 14.5 Å². The van der Waals surface area contributed by atoms with E-state index >= 15 is 0 Å². The lowest BCUT2D eigenvalue weighted by Crippen LogP contribution is -2.47. The van der Waals surface area contributed by atoms with Crippen LogP contribution in [0, 0.1) is 0 Å². The van der Waals surface area contributed by atoms with E-state index in [-0.39, 0.29) is 26.1 Å². The van der Waals surface area contributed by atoms with Crippen molar-refractivity contribution in [2.45, 2.75) is 19.0 Å². The van der Waals surface area contributed by atoms with Crippen LogP contribution in [0.5, 0.6) is 0 Å². The lowest BCUT2D eigenvalue weighted by atomic mass is 10.1. The second kappa shape index (κ2) is 9.33. The number of amides is 1. The topological polar surface area (TPSA) is 136 Å². The molecule has 2 rings (SSSR count). The zero-order valence-electron chi connectivity index (χ0n) is 14.0. The number of carbonyl (C=O) groups is 3. The Hall–Kier alpha value is -3.20. The summed E-state index contributed by atoms with van der Waals surface area (Å²) in [6.07, 6.45) is 2.96. The van der Waals surface area contributed by atoms with Crippen LogP contribution < -0.4 is 5.32 Å². The van der Waals surface area contributed by atoms with Gasteiger partial charge in [0.25, 0.3) is 0 Å². The molecule has 1 atom stereocenters. The highest BCUT2D eigenvalue weighted by atomic mass is 16.4. The van der Waals surface area contributed by atoms with Gasteiger partial charge in [-0.25, -0.2) is 9.78 Å². The van der Waals surface area contributed by atoms with Crippen LogP contribution in [0.3, 0.4) is 0 Å². The first-order valence-electron chi connectivity index (χ1n) is 7.91. The Labute approximate surface area is 149 Å². The Bertz CT molecular complexity index is 733. The summed E-state index contributed by atoms with van der Waals surface area (Å²) in [5, 5.41) is 20.7. The van der Waals surface area contributed by atoms with Gasteiger partial charge in [-0.1, -0.05) is 30.3 Å². The minimum Gasteiger partial charge on any atom is -0.480 e. The molecular weight excluding hydrogens is 340 g/mol. The fourth-order valence-electron chi connectivity index (χ4n) is 2.46. The average Bonchev–Trinajstić information content (AvgIpc) is 3.07. The number of aliphatic carboxylic acids is 2. The van der Waals surface area contributed by atoms with E-state index in [9.17, 15) is 19.5 Å². The summed E-state index contributed by atoms with van der Waals surface area (Å²) in [5.41, 5.74) is 1.43. The van der Waals surface area contributed by atoms with Crippen molar-refractivity contribution in [3.8, 4) is 0 Å². The van der Waals surface area contributed by atoms with E-state index in [0.717, 1.165) is 5.56 Å². The molecule has 1 aromatic carbocycles. The smallest absolute Gasteiger partial charge is 0.326 e. The van der Waals surface area contributed by atoms with E-state index in [1.165, 1.54) is 17.4 Å². The highest BCUT2D eigenvalue weighted by molar-refractivity contribution is 5.85. The van der Waals surface area contributed by atoms with Crippen molar-refractivity contribution < 1.29 is 24.6 Å². The molecular formula is C17H20N4O5. The van der Waals surface area contributed by atoms with E-state index in [2.05, 4.69) is 15.3 Å². The van der Waals surface area contributed by atoms with Gasteiger partial charge in [0.05, 0.1) is 19.4 Å². The molecule has 0 spiro atoms. The maximum atomic E-state index is 12.2. The Balaban J connectivity index is 1.97. The largest absolute Gasteiger partial charge is 0.480 e. The van der Waals surface area contributed by atoms with Gasteiger partial charge in [0, 0.05) is 24.9 Å². The highest BCUT2D eigenvalue weighted by Gasteiger charge is 2.23. The van der Waals surface area contributed by atoms with Crippen molar-refractivity contribution in [1.82, 2.24) is 20.2 Å². The van der Waals surface area contributed by atoms with Crippen molar-refractivity contribution in [1.29, 1.82) is 0 Å². The summed E-state index contributed by atoms with van der Waals surface area (Å²) in [6.45, 7) is -0.298. The van der Waals surface area contributed by atoms with Gasteiger partial charge in [-0.05, 0) is 5.56 Å². The predicted molar refractivity (Wildman–Crippen MR) is 91.2 cm³/mol. The summed E-state index contributed by atoms with van der Waals surface area (Å²) < 4.78 is 0. The minimum atomic E-state index is -1.18. The molecule has 9 heteroatoms. The normalized spacial score (nSPS) is 11.9. The SMILES string of the molecule is O=C(O)CN(CC(=O)N[C@@H](Cc1cnc[nH]1)C(=O)O)Cc1ccccc1. The second-order valence-corrected chi connectivity index (χ2v) is 5.76. The van der Waals surface area contributed by atoms with Crippen LogP contribution in [0.25, 0.3) is 0 Å². The van der Waals surface area contributed by atoms with E-state index in [1.54, 1.807) is 0 Å². The number of rotatable bonds is 10. The van der Waals surface area contributed by atoms with Crippen molar-refractivity contribution in [2.24, 2.45) is 0 Å². The number of carboxylic acids is 2. The number of imidazole rings is 1. The van der Waals surface area contributed by atoms with Crippen molar-refractivity contribution in [3.05, 3.63) is 54.1 Å². The molecule has 0 radical (unpaired) electrons. The Morgan fingerprint density at radius 1 is 1.15 bits per heavy atom. The summed E-state index contributed by atoms with van der Waals surface area (Å²) in [5.74, 6) is -2.81. The number of H-pyrrole nitrogens is 1. The molecule has 4 N–H and O–H groups in total. The number of aromatic amines is 1. The maximum absolute atomic E-state index is 12.2. The summed E-state index contributed by atoms with van der Waals surface area (Å²) in [6, 6.07) is 7.99. The molecule has 1 heterocycles. The molecule has 0 saturated carbocycles. The lowest BCUT2D eigenvalue weighted by molar-refractivity contribution is -0.143. The third-order valence-electron chi connectivity index (χ3n) is 3.59. The molecule has 26 heavy (non-hydrogen) atoms. The van der Waals surface area contributed by atoms with Crippen molar-refractivity contribution >= 4 is 17.8 Å². The number of nitrogens with one attached hydrogen (secondary N) is 2. The third kappa shape index (κ3) is 6.36. The molecule has 0 aliphatic carbocycles. The van der Waals surface area contributed by atoms with E-state index in [0.29, 0.717) is 5.69 Å². The van der Waals surface area contributed by atoms with Crippen LogP contribution >= 0.6 is 0 Å². The van der Waals surface area contributed by atoms with Gasteiger partial charge in [-0.15, -0.1) is 0 Å². The van der Waals surface area contributed by atoms with Crippen molar-refractivity contribution in [3.63, 3.8) is 0 Å². The zero-order valence-corrected chi connectivity index (χ0v) is 14.0. The molecule has 9 nitrogen and oxygen atoms in total. The summed E-state index contributed by atoms with van der Waals surface area (Å²) >= 11 is 0. The Kier molecular flexibility index (Phi) is 6.86. The number of carboxylic acid groups (broad SMARTS) is 2. The standard InChI is InChI=1S/C17H20N4O5/c22-15(20-14(17(25)26)6-13-7-18-11-19-13)9-21(10-16(23)24)8-12-4-2-1-3-5-12/h1-5,7,11,14H,6,8-10H2,(H,18,19)(H,20,22)(H,23,24)(H,25,26)/t14-/m0/s1. The molecule has 0 aliphatic rings.